The maximum Gasteiger partial charge on any atom is 0.216 e. The van der Waals surface area contributed by atoms with E-state index in [1.54, 1.807) is 0 Å². The zero-order chi connectivity index (χ0) is 23.6. The molecule has 0 amide bonds. The fourth-order valence-corrected chi connectivity index (χ4v) is 7.47. The normalized spacial score (nSPS) is 24.4. The summed E-state index contributed by atoms with van der Waals surface area (Å²) in [5.74, 6) is 0.228. The van der Waals surface area contributed by atoms with Crippen LogP contribution in [0.3, 0.4) is 0 Å². The number of hydrogen-bond donors (Lipinski definition) is 2. The molecule has 174 valence electrons. The highest BCUT2D eigenvalue weighted by Gasteiger charge is 2.38. The van der Waals surface area contributed by atoms with Gasteiger partial charge in [0.2, 0.25) is 20.6 Å². The predicted molar refractivity (Wildman–Crippen MR) is 133 cm³/mol. The second kappa shape index (κ2) is 7.95. The molecule has 2 aromatic rings. The second-order valence-corrected chi connectivity index (χ2v) is 11.2. The van der Waals surface area contributed by atoms with Crippen LogP contribution >= 0.6 is 0 Å². The number of aliphatic imine (C=N–C) groups is 1. The van der Waals surface area contributed by atoms with E-state index in [0.717, 1.165) is 47.1 Å². The summed E-state index contributed by atoms with van der Waals surface area (Å²) in [6, 6.07) is 10.5. The van der Waals surface area contributed by atoms with Crippen LogP contribution in [0.2, 0.25) is 0 Å². The molecule has 3 atom stereocenters. The van der Waals surface area contributed by atoms with Crippen molar-refractivity contribution in [1.29, 1.82) is 0 Å². The Morgan fingerprint density at radius 2 is 1.71 bits per heavy atom. The Bertz CT molecular complexity index is 1580. The molecule has 0 aliphatic heterocycles. The maximum absolute atomic E-state index is 12.2. The number of guanidine groups is 1. The first-order valence-corrected chi connectivity index (χ1v) is 13.5. The minimum absolute atomic E-state index is 0.0259. The monoisotopic (exact) mass is 493 g/mol. The molecule has 3 unspecified atom stereocenters. The summed E-state index contributed by atoms with van der Waals surface area (Å²) in [5, 5.41) is 3.13. The van der Waals surface area contributed by atoms with Crippen molar-refractivity contribution in [2.45, 2.75) is 50.1 Å². The number of nitrogens with zero attached hydrogens (tertiary/aromatic N) is 1. The molecule has 3 N–H and O–H groups in total. The largest absolute Gasteiger partial charge is 0.370 e. The molecule has 7 nitrogen and oxygen atoms in total. The zero-order valence-electron chi connectivity index (χ0n) is 18.3. The Hall–Kier alpha value is -3.17. The molecule has 0 radical (unpaired) electrons. The maximum atomic E-state index is 12.2. The first-order valence-electron chi connectivity index (χ1n) is 11.3. The van der Waals surface area contributed by atoms with Crippen LogP contribution in [-0.4, -0.2) is 32.5 Å². The van der Waals surface area contributed by atoms with Gasteiger partial charge >= 0.3 is 0 Å². The van der Waals surface area contributed by atoms with Gasteiger partial charge < -0.3 is 11.1 Å². The molecule has 4 aliphatic carbocycles. The van der Waals surface area contributed by atoms with E-state index < -0.39 is 32.7 Å². The molecule has 4 aliphatic rings. The van der Waals surface area contributed by atoms with Crippen molar-refractivity contribution < 1.29 is 16.8 Å². The minimum atomic E-state index is -2.43. The summed E-state index contributed by atoms with van der Waals surface area (Å²) in [4.78, 5) is 5.24. The number of hydrogen-bond acceptors (Lipinski definition) is 5. The molecule has 34 heavy (non-hydrogen) atoms. The number of benzene rings is 2. The van der Waals surface area contributed by atoms with Crippen molar-refractivity contribution in [3.05, 3.63) is 75.9 Å². The summed E-state index contributed by atoms with van der Waals surface area (Å²) in [6.07, 6.45) is 5.48. The summed E-state index contributed by atoms with van der Waals surface area (Å²) in [5.41, 5.74) is 13.8. The summed E-state index contributed by atoms with van der Waals surface area (Å²) in [7, 11) is -4.81. The van der Waals surface area contributed by atoms with E-state index in [4.69, 9.17) is 5.73 Å². The number of allylic oxidation sites excluding steroid dienone is 2. The van der Waals surface area contributed by atoms with E-state index in [9.17, 15) is 16.8 Å². The lowest BCUT2D eigenvalue weighted by atomic mass is 9.81. The smallest absolute Gasteiger partial charge is 0.216 e. The molecule has 0 saturated heterocycles. The first-order chi connectivity index (χ1) is 16.4. The van der Waals surface area contributed by atoms with Gasteiger partial charge in [-0.3, -0.25) is 0 Å². The molecule has 0 fully saturated rings. The zero-order valence-corrected chi connectivity index (χ0v) is 19.9. The van der Waals surface area contributed by atoms with Crippen molar-refractivity contribution in [2.24, 2.45) is 10.7 Å². The van der Waals surface area contributed by atoms with Crippen LogP contribution in [0, 0.1) is 0 Å². The predicted octanol–water partition coefficient (Wildman–Crippen LogP) is 2.25. The number of nitrogens with one attached hydrogen (secondary N) is 1. The molecule has 0 aromatic heterocycles. The van der Waals surface area contributed by atoms with Crippen LogP contribution in [0.4, 0.5) is 0 Å². The highest BCUT2D eigenvalue weighted by atomic mass is 32.2. The molecular weight excluding hydrogens is 470 g/mol. The Labute approximate surface area is 200 Å². The van der Waals surface area contributed by atoms with E-state index >= 15 is 0 Å². The Morgan fingerprint density at radius 1 is 0.971 bits per heavy atom. The van der Waals surface area contributed by atoms with Gasteiger partial charge in [0.25, 0.3) is 0 Å². The lowest BCUT2D eigenvalue weighted by molar-refractivity contribution is 0.618. The molecule has 9 heteroatoms. The fourth-order valence-electron chi connectivity index (χ4n) is 6.11. The lowest BCUT2D eigenvalue weighted by Crippen LogP contribution is -2.42. The highest BCUT2D eigenvalue weighted by molar-refractivity contribution is 7.73. The van der Waals surface area contributed by atoms with Gasteiger partial charge in [0.05, 0.1) is 15.8 Å². The Balaban J connectivity index is 1.43. The molecule has 0 bridgehead atoms. The summed E-state index contributed by atoms with van der Waals surface area (Å²) in [6.45, 7) is 0. The quantitative estimate of drug-likeness (QED) is 0.376. The van der Waals surface area contributed by atoms with E-state index in [0.29, 0.717) is 17.7 Å². The van der Waals surface area contributed by atoms with E-state index in [1.807, 2.05) is 30.3 Å². The van der Waals surface area contributed by atoms with Crippen molar-refractivity contribution >= 4 is 41.8 Å². The van der Waals surface area contributed by atoms with Gasteiger partial charge in [0, 0.05) is 6.42 Å². The minimum Gasteiger partial charge on any atom is -0.370 e. The van der Waals surface area contributed by atoms with Crippen LogP contribution in [0.5, 0.6) is 0 Å². The lowest BCUT2D eigenvalue weighted by Gasteiger charge is -2.31. The SMILES string of the molecule is NC(=NC1C(=S(=O)=O)CC2=CCc3cccc1c32)NC1C(=S(=O)=O)CC2CCc3cccc1c32. The molecular formula is C25H23N3O4S2. The van der Waals surface area contributed by atoms with Crippen molar-refractivity contribution in [3.63, 3.8) is 0 Å². The van der Waals surface area contributed by atoms with Crippen molar-refractivity contribution in [1.82, 2.24) is 5.32 Å². The fraction of sp³-hybridized carbons (Fsp3) is 0.320. The van der Waals surface area contributed by atoms with Gasteiger partial charge in [-0.2, -0.15) is 16.8 Å². The van der Waals surface area contributed by atoms with E-state index in [2.05, 4.69) is 22.5 Å². The topological polar surface area (TPSA) is 119 Å². The van der Waals surface area contributed by atoms with Gasteiger partial charge in [0.1, 0.15) is 6.04 Å². The van der Waals surface area contributed by atoms with Crippen LogP contribution in [0.1, 0.15) is 70.6 Å². The molecule has 0 spiro atoms. The summed E-state index contributed by atoms with van der Waals surface area (Å²) >= 11 is 0. The third kappa shape index (κ3) is 3.25. The summed E-state index contributed by atoms with van der Waals surface area (Å²) < 4.78 is 48.6. The third-order valence-corrected chi connectivity index (χ3v) is 9.13. The van der Waals surface area contributed by atoms with Gasteiger partial charge in [-0.1, -0.05) is 42.5 Å². The Morgan fingerprint density at radius 3 is 2.47 bits per heavy atom. The second-order valence-electron chi connectivity index (χ2n) is 9.25. The van der Waals surface area contributed by atoms with Gasteiger partial charge in [0.15, 0.2) is 5.96 Å². The average Bonchev–Trinajstić information content (AvgIpc) is 3.42. The van der Waals surface area contributed by atoms with Gasteiger partial charge in [-0.05, 0) is 70.6 Å². The molecule has 0 heterocycles. The van der Waals surface area contributed by atoms with Crippen LogP contribution in [-0.2, 0) is 33.4 Å². The van der Waals surface area contributed by atoms with E-state index in [1.165, 1.54) is 11.1 Å². The standard InChI is InChI=1S/C25H23N3O4S2/c26-25(27-23-17-5-1-3-13-7-9-15(21(13)17)11-19(23)33(29)30)28-24-18-6-2-4-14-8-10-16(22(14)18)12-20(24)34(31)32/h1-6,9,16,23-24H,7-8,10-12H2,(H3,26,27,28). The first kappa shape index (κ1) is 21.4. The van der Waals surface area contributed by atoms with Crippen LogP contribution in [0.25, 0.3) is 5.57 Å². The highest BCUT2D eigenvalue weighted by Crippen LogP contribution is 2.45. The third-order valence-electron chi connectivity index (χ3n) is 7.51. The number of rotatable bonds is 2. The molecule has 2 aromatic carbocycles. The number of aryl methyl sites for hydroxylation is 1. The number of nitrogens with two attached hydrogens (primary N) is 1. The van der Waals surface area contributed by atoms with Crippen molar-refractivity contribution in [3.8, 4) is 0 Å². The molecule has 6 rings (SSSR count). The van der Waals surface area contributed by atoms with Gasteiger partial charge in [-0.15, -0.1) is 0 Å². The van der Waals surface area contributed by atoms with Gasteiger partial charge in [-0.25, -0.2) is 4.99 Å². The van der Waals surface area contributed by atoms with Crippen LogP contribution in [0.15, 0.2) is 47.5 Å². The van der Waals surface area contributed by atoms with Crippen molar-refractivity contribution in [2.75, 3.05) is 0 Å². The van der Waals surface area contributed by atoms with Crippen LogP contribution < -0.4 is 11.1 Å². The molecule has 0 saturated carbocycles. The average molecular weight is 494 g/mol. The van der Waals surface area contributed by atoms with E-state index in [-0.39, 0.29) is 16.7 Å². The Kier molecular flexibility index (Phi) is 5.00.